The molecule has 0 spiro atoms. The molecule has 5 heteroatoms. The Balaban J connectivity index is 1.87. The van der Waals surface area contributed by atoms with Gasteiger partial charge in [-0.05, 0) is 31.0 Å². The quantitative estimate of drug-likeness (QED) is 0.707. The third kappa shape index (κ3) is 2.71. The van der Waals surface area contributed by atoms with Gasteiger partial charge in [0.2, 0.25) is 0 Å². The van der Waals surface area contributed by atoms with E-state index in [1.807, 2.05) is 29.2 Å². The summed E-state index contributed by atoms with van der Waals surface area (Å²) in [6, 6.07) is 15.8. The van der Waals surface area contributed by atoms with Gasteiger partial charge in [-0.1, -0.05) is 60.5 Å². The van der Waals surface area contributed by atoms with Crippen molar-refractivity contribution < 1.29 is 4.79 Å². The van der Waals surface area contributed by atoms with E-state index in [9.17, 15) is 4.79 Å². The molecule has 4 nitrogen and oxygen atoms in total. The van der Waals surface area contributed by atoms with Crippen LogP contribution in [0, 0.1) is 6.92 Å². The SMILES string of the molecule is CCCN1C(=O)c2[nH]nc(-c3ccc(Cl)cc3)c2C1c1ccc(C)cc1. The normalized spacial score (nSPS) is 16.2. The van der Waals surface area contributed by atoms with E-state index in [1.165, 1.54) is 5.56 Å². The number of nitrogens with zero attached hydrogens (tertiary/aromatic N) is 2. The zero-order chi connectivity index (χ0) is 18.3. The summed E-state index contributed by atoms with van der Waals surface area (Å²) in [4.78, 5) is 14.9. The molecule has 0 aliphatic carbocycles. The zero-order valence-electron chi connectivity index (χ0n) is 14.8. The Morgan fingerprint density at radius 1 is 1.12 bits per heavy atom. The summed E-state index contributed by atoms with van der Waals surface area (Å²) in [5.74, 6) is 0.0140. The maximum absolute atomic E-state index is 13.0. The number of aryl methyl sites for hydroxylation is 1. The highest BCUT2D eigenvalue weighted by Crippen LogP contribution is 2.42. The van der Waals surface area contributed by atoms with Crippen molar-refractivity contribution in [1.82, 2.24) is 15.1 Å². The Hall–Kier alpha value is -2.59. The highest BCUT2D eigenvalue weighted by atomic mass is 35.5. The van der Waals surface area contributed by atoms with Crippen LogP contribution in [0.1, 0.15) is 46.6 Å². The van der Waals surface area contributed by atoms with Crippen molar-refractivity contribution in [1.29, 1.82) is 0 Å². The summed E-state index contributed by atoms with van der Waals surface area (Å²) in [6.45, 7) is 4.86. The number of rotatable bonds is 4. The fraction of sp³-hybridized carbons (Fsp3) is 0.238. The zero-order valence-corrected chi connectivity index (χ0v) is 15.5. The lowest BCUT2D eigenvalue weighted by Crippen LogP contribution is -2.30. The largest absolute Gasteiger partial charge is 0.326 e. The lowest BCUT2D eigenvalue weighted by molar-refractivity contribution is 0.0744. The van der Waals surface area contributed by atoms with Crippen LogP contribution in [0.4, 0.5) is 0 Å². The molecule has 1 atom stereocenters. The van der Waals surface area contributed by atoms with Crippen LogP contribution in [-0.2, 0) is 0 Å². The van der Waals surface area contributed by atoms with Crippen LogP contribution in [0.3, 0.4) is 0 Å². The van der Waals surface area contributed by atoms with Gasteiger partial charge in [-0.25, -0.2) is 0 Å². The first-order valence-electron chi connectivity index (χ1n) is 8.82. The minimum atomic E-state index is -0.123. The molecule has 1 N–H and O–H groups in total. The molecule has 1 aromatic heterocycles. The number of nitrogens with one attached hydrogen (secondary N) is 1. The van der Waals surface area contributed by atoms with Crippen LogP contribution < -0.4 is 0 Å². The number of hydrogen-bond acceptors (Lipinski definition) is 2. The molecule has 0 fully saturated rings. The Bertz CT molecular complexity index is 944. The van der Waals surface area contributed by atoms with Crippen molar-refractivity contribution in [2.75, 3.05) is 6.54 Å². The molecular weight excluding hydrogens is 346 g/mol. The Morgan fingerprint density at radius 3 is 2.46 bits per heavy atom. The first-order valence-corrected chi connectivity index (χ1v) is 9.19. The van der Waals surface area contributed by atoms with Gasteiger partial charge in [0.05, 0.1) is 11.7 Å². The van der Waals surface area contributed by atoms with Crippen molar-refractivity contribution in [2.45, 2.75) is 26.3 Å². The maximum atomic E-state index is 13.0. The fourth-order valence-electron chi connectivity index (χ4n) is 3.59. The van der Waals surface area contributed by atoms with E-state index in [2.05, 4.69) is 48.3 Å². The summed E-state index contributed by atoms with van der Waals surface area (Å²) in [7, 11) is 0. The molecule has 0 saturated heterocycles. The van der Waals surface area contributed by atoms with E-state index in [4.69, 9.17) is 11.6 Å². The van der Waals surface area contributed by atoms with Gasteiger partial charge in [0.15, 0.2) is 0 Å². The summed E-state index contributed by atoms with van der Waals surface area (Å²) in [5, 5.41) is 8.12. The van der Waals surface area contributed by atoms with E-state index < -0.39 is 0 Å². The van der Waals surface area contributed by atoms with Crippen molar-refractivity contribution in [2.24, 2.45) is 0 Å². The molecule has 0 bridgehead atoms. The van der Waals surface area contributed by atoms with Crippen LogP contribution in [0.15, 0.2) is 48.5 Å². The van der Waals surface area contributed by atoms with Gasteiger partial charge in [-0.3, -0.25) is 9.89 Å². The molecule has 1 aliphatic rings. The van der Waals surface area contributed by atoms with Gasteiger partial charge in [0.1, 0.15) is 5.69 Å². The van der Waals surface area contributed by atoms with Gasteiger partial charge in [-0.2, -0.15) is 5.10 Å². The van der Waals surface area contributed by atoms with Crippen molar-refractivity contribution in [3.8, 4) is 11.3 Å². The molecule has 3 aromatic rings. The van der Waals surface area contributed by atoms with Crippen molar-refractivity contribution in [3.05, 3.63) is 75.9 Å². The predicted octanol–water partition coefficient (Wildman–Crippen LogP) is 4.99. The molecule has 132 valence electrons. The van der Waals surface area contributed by atoms with Gasteiger partial charge < -0.3 is 4.90 Å². The highest BCUT2D eigenvalue weighted by Gasteiger charge is 2.41. The fourth-order valence-corrected chi connectivity index (χ4v) is 3.72. The van der Waals surface area contributed by atoms with E-state index in [0.717, 1.165) is 28.8 Å². The number of aromatic amines is 1. The average molecular weight is 366 g/mol. The molecule has 1 unspecified atom stereocenters. The molecule has 1 amide bonds. The number of hydrogen-bond donors (Lipinski definition) is 1. The molecule has 2 aromatic carbocycles. The van der Waals surface area contributed by atoms with Gasteiger partial charge in [0.25, 0.3) is 5.91 Å². The summed E-state index contributed by atoms with van der Waals surface area (Å²) >= 11 is 6.03. The molecular formula is C21H20ClN3O. The molecule has 0 radical (unpaired) electrons. The van der Waals surface area contributed by atoms with Gasteiger partial charge >= 0.3 is 0 Å². The number of benzene rings is 2. The first-order chi connectivity index (χ1) is 12.6. The Kier molecular flexibility index (Phi) is 4.29. The number of fused-ring (bicyclic) bond motifs is 1. The third-order valence-electron chi connectivity index (χ3n) is 4.84. The maximum Gasteiger partial charge on any atom is 0.273 e. The molecule has 0 saturated carbocycles. The Morgan fingerprint density at radius 2 is 1.81 bits per heavy atom. The molecule has 2 heterocycles. The second-order valence-electron chi connectivity index (χ2n) is 6.68. The summed E-state index contributed by atoms with van der Waals surface area (Å²) in [5.41, 5.74) is 5.62. The highest BCUT2D eigenvalue weighted by molar-refractivity contribution is 6.30. The monoisotopic (exact) mass is 365 g/mol. The molecule has 1 aliphatic heterocycles. The smallest absolute Gasteiger partial charge is 0.273 e. The predicted molar refractivity (Wildman–Crippen MR) is 103 cm³/mol. The lowest BCUT2D eigenvalue weighted by atomic mass is 9.95. The number of amides is 1. The second-order valence-corrected chi connectivity index (χ2v) is 7.12. The van der Waals surface area contributed by atoms with Crippen LogP contribution >= 0.6 is 11.6 Å². The Labute approximate surface area is 157 Å². The minimum Gasteiger partial charge on any atom is -0.326 e. The average Bonchev–Trinajstić information content (AvgIpc) is 3.17. The topological polar surface area (TPSA) is 49.0 Å². The van der Waals surface area contributed by atoms with Gasteiger partial charge in [0, 0.05) is 22.7 Å². The number of H-pyrrole nitrogens is 1. The number of aromatic nitrogens is 2. The first kappa shape index (κ1) is 16.9. The van der Waals surface area contributed by atoms with Gasteiger partial charge in [-0.15, -0.1) is 0 Å². The number of carbonyl (C=O) groups is 1. The summed E-state index contributed by atoms with van der Waals surface area (Å²) < 4.78 is 0. The van der Waals surface area contributed by atoms with Crippen LogP contribution in [0.2, 0.25) is 5.02 Å². The van der Waals surface area contributed by atoms with Crippen LogP contribution in [0.5, 0.6) is 0 Å². The summed E-state index contributed by atoms with van der Waals surface area (Å²) in [6.07, 6.45) is 0.905. The standard InChI is InChI=1S/C21H20ClN3O/c1-3-12-25-20(15-6-4-13(2)5-7-15)17-18(23-24-19(17)21(25)26)14-8-10-16(22)11-9-14/h4-11,20H,3,12H2,1-2H3,(H,23,24). The molecule has 26 heavy (non-hydrogen) atoms. The second kappa shape index (κ2) is 6.61. The minimum absolute atomic E-state index is 0.0140. The van der Waals surface area contributed by atoms with E-state index in [1.54, 1.807) is 0 Å². The van der Waals surface area contributed by atoms with Crippen molar-refractivity contribution in [3.63, 3.8) is 0 Å². The van der Waals surface area contributed by atoms with E-state index in [0.29, 0.717) is 17.3 Å². The van der Waals surface area contributed by atoms with E-state index in [-0.39, 0.29) is 11.9 Å². The molecule has 4 rings (SSSR count). The number of halogens is 1. The van der Waals surface area contributed by atoms with Crippen LogP contribution in [-0.4, -0.2) is 27.5 Å². The van der Waals surface area contributed by atoms with Crippen LogP contribution in [0.25, 0.3) is 11.3 Å². The lowest BCUT2D eigenvalue weighted by Gasteiger charge is -2.26. The third-order valence-corrected chi connectivity index (χ3v) is 5.09. The van der Waals surface area contributed by atoms with Crippen molar-refractivity contribution >= 4 is 17.5 Å². The van der Waals surface area contributed by atoms with E-state index >= 15 is 0 Å². The number of carbonyl (C=O) groups excluding carboxylic acids is 1.